The number of phenols is 1. The zero-order chi connectivity index (χ0) is 19.3. The van der Waals surface area contributed by atoms with Crippen LogP contribution in [0.1, 0.15) is 6.92 Å². The lowest BCUT2D eigenvalue weighted by Crippen LogP contribution is -2.31. The second kappa shape index (κ2) is 7.85. The van der Waals surface area contributed by atoms with Crippen LogP contribution in [0.4, 0.5) is 11.4 Å². The van der Waals surface area contributed by atoms with Crippen molar-refractivity contribution in [1.82, 2.24) is 0 Å². The van der Waals surface area contributed by atoms with Gasteiger partial charge in [0.2, 0.25) is 16.1 Å². The number of nitrogens with two attached hydrogens (primary N) is 1. The van der Waals surface area contributed by atoms with Crippen molar-refractivity contribution >= 4 is 33.1 Å². The summed E-state index contributed by atoms with van der Waals surface area (Å²) in [4.78, 5) is 23.6. The summed E-state index contributed by atoms with van der Waals surface area (Å²) in [5.41, 5.74) is 0.230. The Hall–Kier alpha value is -3.11. The van der Waals surface area contributed by atoms with Gasteiger partial charge in [-0.3, -0.25) is 9.59 Å². The molecule has 1 atom stereocenters. The van der Waals surface area contributed by atoms with Crippen LogP contribution in [0.5, 0.6) is 5.75 Å². The summed E-state index contributed by atoms with van der Waals surface area (Å²) >= 11 is 0. The first kappa shape index (κ1) is 19.2. The minimum Gasteiger partial charge on any atom is -0.506 e. The van der Waals surface area contributed by atoms with E-state index in [2.05, 4.69) is 15.5 Å². The molecule has 2 aromatic carbocycles. The lowest BCUT2D eigenvalue weighted by molar-refractivity contribution is -0.126. The molecule has 4 N–H and O–H groups in total. The smallest absolute Gasteiger partial charge is 0.258 e. The molecule has 2 aromatic rings. The maximum absolute atomic E-state index is 12.2. The number of hydrogen-bond acceptors (Lipinski definition) is 7. The molecule has 0 aliphatic carbocycles. The van der Waals surface area contributed by atoms with Crippen LogP contribution in [-0.2, 0) is 19.6 Å². The number of benzene rings is 2. The first-order chi connectivity index (χ1) is 12.2. The van der Waals surface area contributed by atoms with Crippen LogP contribution >= 0.6 is 0 Å². The molecular formula is C16H16N4O5S. The molecule has 0 saturated heterocycles. The Labute approximate surface area is 149 Å². The standard InChI is InChI=1S/C16H16N4O5S/c1-10(21)15(16(23)18-11-5-3-2-4-6-11)20-19-13-9-12(26(17,24)25)7-8-14(13)22/h2-9,15,22H,1H3,(H,18,23)(H2,17,24,25)/t15-/m1/s1. The van der Waals surface area contributed by atoms with E-state index in [1.807, 2.05) is 0 Å². The summed E-state index contributed by atoms with van der Waals surface area (Å²) in [6, 6.07) is 10.1. The highest BCUT2D eigenvalue weighted by Gasteiger charge is 2.23. The van der Waals surface area contributed by atoms with Crippen LogP contribution in [0, 0.1) is 0 Å². The normalized spacial score (nSPS) is 12.7. The van der Waals surface area contributed by atoms with Gasteiger partial charge in [0.15, 0.2) is 5.78 Å². The van der Waals surface area contributed by atoms with Crippen molar-refractivity contribution in [2.75, 3.05) is 5.32 Å². The number of azo groups is 1. The Bertz CT molecular complexity index is 958. The Morgan fingerprint density at radius 2 is 1.81 bits per heavy atom. The Morgan fingerprint density at radius 1 is 1.15 bits per heavy atom. The van der Waals surface area contributed by atoms with E-state index in [1.165, 1.54) is 0 Å². The molecule has 26 heavy (non-hydrogen) atoms. The van der Waals surface area contributed by atoms with Gasteiger partial charge in [0, 0.05) is 5.69 Å². The van der Waals surface area contributed by atoms with Crippen LogP contribution in [0.25, 0.3) is 0 Å². The fourth-order valence-corrected chi connectivity index (χ4v) is 2.46. The molecule has 0 radical (unpaired) electrons. The van der Waals surface area contributed by atoms with E-state index in [9.17, 15) is 23.1 Å². The minimum atomic E-state index is -4.01. The Balaban J connectivity index is 2.27. The van der Waals surface area contributed by atoms with Crippen molar-refractivity contribution in [3.05, 3.63) is 48.5 Å². The molecular weight excluding hydrogens is 360 g/mol. The highest BCUT2D eigenvalue weighted by atomic mass is 32.2. The van der Waals surface area contributed by atoms with E-state index in [0.717, 1.165) is 25.1 Å². The van der Waals surface area contributed by atoms with Gasteiger partial charge in [0.1, 0.15) is 11.4 Å². The minimum absolute atomic E-state index is 0.240. The number of amides is 1. The Morgan fingerprint density at radius 3 is 2.38 bits per heavy atom. The predicted octanol–water partition coefficient (Wildman–Crippen LogP) is 1.72. The number of carbonyl (C=O) groups excluding carboxylic acids is 2. The number of Topliss-reactive ketones (excluding diaryl/α,β-unsaturated/α-hetero) is 1. The van der Waals surface area contributed by atoms with Gasteiger partial charge in [-0.15, -0.1) is 0 Å². The molecule has 9 nitrogen and oxygen atoms in total. The molecule has 136 valence electrons. The second-order valence-corrected chi connectivity index (χ2v) is 6.84. The fraction of sp³-hybridized carbons (Fsp3) is 0.125. The zero-order valence-corrected chi connectivity index (χ0v) is 14.5. The van der Waals surface area contributed by atoms with E-state index >= 15 is 0 Å². The number of ketones is 1. The molecule has 1 amide bonds. The molecule has 0 aliphatic rings. The Kier molecular flexibility index (Phi) is 5.80. The largest absolute Gasteiger partial charge is 0.506 e. The number of phenolic OH excluding ortho intramolecular Hbond substituents is 1. The zero-order valence-electron chi connectivity index (χ0n) is 13.7. The van der Waals surface area contributed by atoms with E-state index in [1.54, 1.807) is 30.3 Å². The molecule has 2 rings (SSSR count). The van der Waals surface area contributed by atoms with Crippen LogP contribution in [0.2, 0.25) is 0 Å². The highest BCUT2D eigenvalue weighted by molar-refractivity contribution is 7.89. The van der Waals surface area contributed by atoms with Gasteiger partial charge in [-0.2, -0.15) is 10.2 Å². The molecule has 0 bridgehead atoms. The van der Waals surface area contributed by atoms with Gasteiger partial charge in [-0.25, -0.2) is 13.6 Å². The predicted molar refractivity (Wildman–Crippen MR) is 93.5 cm³/mol. The van der Waals surface area contributed by atoms with Gasteiger partial charge >= 0.3 is 0 Å². The van der Waals surface area contributed by atoms with Gasteiger partial charge < -0.3 is 10.4 Å². The van der Waals surface area contributed by atoms with Gasteiger partial charge in [-0.05, 0) is 37.3 Å². The van der Waals surface area contributed by atoms with Crippen molar-refractivity contribution in [2.45, 2.75) is 17.9 Å². The topological polar surface area (TPSA) is 151 Å². The van der Waals surface area contributed by atoms with Gasteiger partial charge in [-0.1, -0.05) is 18.2 Å². The van der Waals surface area contributed by atoms with Gasteiger partial charge in [0.25, 0.3) is 5.91 Å². The van der Waals surface area contributed by atoms with Crippen molar-refractivity contribution in [3.8, 4) is 5.75 Å². The fourth-order valence-electron chi connectivity index (χ4n) is 1.93. The highest BCUT2D eigenvalue weighted by Crippen LogP contribution is 2.29. The first-order valence-electron chi connectivity index (χ1n) is 7.31. The number of primary sulfonamides is 1. The summed E-state index contributed by atoms with van der Waals surface area (Å²) < 4.78 is 22.7. The molecule has 0 heterocycles. The number of nitrogens with one attached hydrogen (secondary N) is 1. The second-order valence-electron chi connectivity index (χ2n) is 5.28. The van der Waals surface area contributed by atoms with Crippen molar-refractivity contribution in [3.63, 3.8) is 0 Å². The molecule has 0 aliphatic heterocycles. The van der Waals surface area contributed by atoms with Crippen LogP contribution in [0.15, 0.2) is 63.7 Å². The summed E-state index contributed by atoms with van der Waals surface area (Å²) in [6.07, 6.45) is 0. The van der Waals surface area contributed by atoms with Crippen LogP contribution in [-0.4, -0.2) is 31.3 Å². The molecule has 0 fully saturated rings. The number of hydrogen-bond donors (Lipinski definition) is 3. The summed E-state index contributed by atoms with van der Waals surface area (Å²) in [5, 5.41) is 24.6. The maximum Gasteiger partial charge on any atom is 0.258 e. The molecule has 0 aromatic heterocycles. The number of anilines is 1. The quantitative estimate of drug-likeness (QED) is 0.518. The van der Waals surface area contributed by atoms with E-state index in [0.29, 0.717) is 5.69 Å². The molecule has 0 saturated carbocycles. The SMILES string of the molecule is CC(=O)[C@@H](N=Nc1cc(S(N)(=O)=O)ccc1O)C(=O)Nc1ccccc1. The monoisotopic (exact) mass is 376 g/mol. The number of carbonyl (C=O) groups is 2. The molecule has 0 unspecified atom stereocenters. The summed E-state index contributed by atoms with van der Waals surface area (Å²) in [6.45, 7) is 1.16. The van der Waals surface area contributed by atoms with Gasteiger partial charge in [0.05, 0.1) is 4.90 Å². The molecule has 0 spiro atoms. The maximum atomic E-state index is 12.2. The molecule has 10 heteroatoms. The number of rotatable bonds is 6. The van der Waals surface area contributed by atoms with E-state index in [-0.39, 0.29) is 16.3 Å². The lowest BCUT2D eigenvalue weighted by Gasteiger charge is -2.09. The van der Waals surface area contributed by atoms with Crippen molar-refractivity contribution in [1.29, 1.82) is 0 Å². The van der Waals surface area contributed by atoms with Crippen molar-refractivity contribution in [2.24, 2.45) is 15.4 Å². The lowest BCUT2D eigenvalue weighted by atomic mass is 10.2. The number of aromatic hydroxyl groups is 1. The van der Waals surface area contributed by atoms with E-state index in [4.69, 9.17) is 5.14 Å². The summed E-state index contributed by atoms with van der Waals surface area (Å²) in [7, 11) is -4.01. The van der Waals surface area contributed by atoms with Crippen LogP contribution in [0.3, 0.4) is 0 Å². The van der Waals surface area contributed by atoms with Crippen LogP contribution < -0.4 is 10.5 Å². The third kappa shape index (κ3) is 4.94. The first-order valence-corrected chi connectivity index (χ1v) is 8.86. The van der Waals surface area contributed by atoms with Crippen molar-refractivity contribution < 1.29 is 23.1 Å². The number of nitrogens with zero attached hydrogens (tertiary/aromatic N) is 2. The van der Waals surface area contributed by atoms with E-state index < -0.39 is 27.8 Å². The number of sulfonamides is 1. The number of para-hydroxylation sites is 1. The average molecular weight is 376 g/mol. The average Bonchev–Trinajstić information content (AvgIpc) is 2.56. The summed E-state index contributed by atoms with van der Waals surface area (Å²) in [5.74, 6) is -1.68. The third-order valence-corrected chi connectivity index (χ3v) is 4.14. The third-order valence-electron chi connectivity index (χ3n) is 3.23.